The molecule has 0 N–H and O–H groups in total. The van der Waals surface area contributed by atoms with Crippen molar-refractivity contribution in [3.05, 3.63) is 58.6 Å². The predicted molar refractivity (Wildman–Crippen MR) is 105 cm³/mol. The van der Waals surface area contributed by atoms with Crippen molar-refractivity contribution in [3.63, 3.8) is 0 Å². The maximum atomic E-state index is 12.6. The normalized spacial score (nSPS) is 16.9. The summed E-state index contributed by atoms with van der Waals surface area (Å²) in [4.78, 5) is 14.4. The molecule has 0 unspecified atom stereocenters. The highest BCUT2D eigenvalue weighted by Gasteiger charge is 2.24. The minimum Gasteiger partial charge on any atom is -0.497 e. The number of carbonyl (C=O) groups is 1. The van der Waals surface area contributed by atoms with Crippen LogP contribution in [0.4, 0.5) is 0 Å². The summed E-state index contributed by atoms with van der Waals surface area (Å²) in [5.41, 5.74) is 1.94. The van der Waals surface area contributed by atoms with Gasteiger partial charge in [-0.25, -0.2) is 0 Å². The van der Waals surface area contributed by atoms with Crippen LogP contribution in [0.2, 0.25) is 5.02 Å². The summed E-state index contributed by atoms with van der Waals surface area (Å²) >= 11 is 6.04. The Labute approximate surface area is 164 Å². The van der Waals surface area contributed by atoms with Crippen molar-refractivity contribution in [3.8, 4) is 11.5 Å². The second-order valence-electron chi connectivity index (χ2n) is 6.58. The Hall–Kier alpha value is -2.24. The molecule has 0 aliphatic carbocycles. The zero-order valence-electron chi connectivity index (χ0n) is 15.6. The van der Waals surface area contributed by atoms with Crippen LogP contribution >= 0.6 is 11.6 Å². The standard InChI is InChI=1S/C21H24ClNO4/c1-15-11-18(7-8-20(15)22)27-14-19-13-23(9-10-26-19)21(24)12-16-3-5-17(25-2)6-4-16/h3-8,11,19H,9-10,12-14H2,1-2H3/t19-/m1/s1. The van der Waals surface area contributed by atoms with Gasteiger partial charge in [0, 0.05) is 11.6 Å². The Bertz CT molecular complexity index is 778. The SMILES string of the molecule is COc1ccc(CC(=O)N2CCO[C@@H](COc3ccc(Cl)c(C)c3)C2)cc1. The van der Waals surface area contributed by atoms with E-state index in [1.807, 2.05) is 54.3 Å². The minimum atomic E-state index is -0.144. The quantitative estimate of drug-likeness (QED) is 0.758. The van der Waals surface area contributed by atoms with Gasteiger partial charge in [-0.3, -0.25) is 4.79 Å². The van der Waals surface area contributed by atoms with Gasteiger partial charge >= 0.3 is 0 Å². The van der Waals surface area contributed by atoms with E-state index in [2.05, 4.69) is 0 Å². The number of amides is 1. The third-order valence-electron chi connectivity index (χ3n) is 4.57. The molecule has 144 valence electrons. The van der Waals surface area contributed by atoms with Gasteiger partial charge in [0.15, 0.2) is 0 Å². The molecule has 1 atom stereocenters. The first-order chi connectivity index (χ1) is 13.0. The Kier molecular flexibility index (Phi) is 6.58. The van der Waals surface area contributed by atoms with Gasteiger partial charge in [-0.15, -0.1) is 0 Å². The van der Waals surface area contributed by atoms with E-state index in [9.17, 15) is 4.79 Å². The predicted octanol–water partition coefficient (Wildman–Crippen LogP) is 3.51. The van der Waals surface area contributed by atoms with Crippen LogP contribution in [0.15, 0.2) is 42.5 Å². The smallest absolute Gasteiger partial charge is 0.227 e. The second-order valence-corrected chi connectivity index (χ2v) is 6.99. The molecule has 1 heterocycles. The fraction of sp³-hybridized carbons (Fsp3) is 0.381. The van der Waals surface area contributed by atoms with Gasteiger partial charge in [-0.2, -0.15) is 0 Å². The highest BCUT2D eigenvalue weighted by molar-refractivity contribution is 6.31. The summed E-state index contributed by atoms with van der Waals surface area (Å²) in [6.45, 7) is 3.98. The van der Waals surface area contributed by atoms with E-state index in [1.165, 1.54) is 0 Å². The van der Waals surface area contributed by atoms with Crippen LogP contribution in [-0.2, 0) is 16.0 Å². The van der Waals surface area contributed by atoms with Crippen molar-refractivity contribution < 1.29 is 19.0 Å². The van der Waals surface area contributed by atoms with Crippen molar-refractivity contribution in [2.75, 3.05) is 33.4 Å². The van der Waals surface area contributed by atoms with Gasteiger partial charge in [0.05, 0.1) is 26.7 Å². The summed E-state index contributed by atoms with van der Waals surface area (Å²) in [5, 5.41) is 0.714. The fourth-order valence-electron chi connectivity index (χ4n) is 2.97. The molecule has 6 heteroatoms. The number of halogens is 1. The average Bonchev–Trinajstić information content (AvgIpc) is 2.69. The number of aryl methyl sites for hydroxylation is 1. The molecule has 1 fully saturated rings. The molecule has 27 heavy (non-hydrogen) atoms. The summed E-state index contributed by atoms with van der Waals surface area (Å²) in [5.74, 6) is 1.63. The van der Waals surface area contributed by atoms with Crippen LogP contribution in [0, 0.1) is 6.92 Å². The van der Waals surface area contributed by atoms with Gasteiger partial charge in [-0.05, 0) is 48.4 Å². The number of methoxy groups -OCH3 is 1. The second kappa shape index (κ2) is 9.11. The first kappa shape index (κ1) is 19.5. The monoisotopic (exact) mass is 389 g/mol. The molecule has 0 radical (unpaired) electrons. The van der Waals surface area contributed by atoms with E-state index in [-0.39, 0.29) is 12.0 Å². The molecular formula is C21H24ClNO4. The lowest BCUT2D eigenvalue weighted by atomic mass is 10.1. The Morgan fingerprint density at radius 2 is 1.96 bits per heavy atom. The first-order valence-corrected chi connectivity index (χ1v) is 9.34. The largest absolute Gasteiger partial charge is 0.497 e. The Morgan fingerprint density at radius 3 is 2.67 bits per heavy atom. The van der Waals surface area contributed by atoms with Crippen molar-refractivity contribution >= 4 is 17.5 Å². The maximum absolute atomic E-state index is 12.6. The lowest BCUT2D eigenvalue weighted by molar-refractivity contribution is -0.139. The van der Waals surface area contributed by atoms with Crippen LogP contribution < -0.4 is 9.47 Å². The molecule has 2 aromatic rings. The Morgan fingerprint density at radius 1 is 1.22 bits per heavy atom. The van der Waals surface area contributed by atoms with Crippen molar-refractivity contribution in [1.82, 2.24) is 4.90 Å². The zero-order chi connectivity index (χ0) is 19.2. The number of morpholine rings is 1. The molecule has 2 aromatic carbocycles. The summed E-state index contributed by atoms with van der Waals surface area (Å²) in [6, 6.07) is 13.1. The average molecular weight is 390 g/mol. The molecule has 0 aromatic heterocycles. The fourth-order valence-corrected chi connectivity index (χ4v) is 3.09. The lowest BCUT2D eigenvalue weighted by Crippen LogP contribution is -2.48. The Balaban J connectivity index is 1.51. The van der Waals surface area contributed by atoms with Crippen molar-refractivity contribution in [1.29, 1.82) is 0 Å². The van der Waals surface area contributed by atoms with Gasteiger partial charge in [0.25, 0.3) is 0 Å². The van der Waals surface area contributed by atoms with Crippen LogP contribution in [0.3, 0.4) is 0 Å². The molecule has 0 bridgehead atoms. The van der Waals surface area contributed by atoms with Gasteiger partial charge < -0.3 is 19.1 Å². The van der Waals surface area contributed by atoms with Gasteiger partial charge in [0.1, 0.15) is 24.2 Å². The van der Waals surface area contributed by atoms with E-state index in [0.717, 1.165) is 22.6 Å². The zero-order valence-corrected chi connectivity index (χ0v) is 16.4. The molecule has 0 saturated carbocycles. The number of ether oxygens (including phenoxy) is 3. The topological polar surface area (TPSA) is 48.0 Å². The lowest BCUT2D eigenvalue weighted by Gasteiger charge is -2.33. The molecule has 1 amide bonds. The maximum Gasteiger partial charge on any atom is 0.227 e. The van der Waals surface area contributed by atoms with Gasteiger partial charge in [0.2, 0.25) is 5.91 Å². The number of carbonyl (C=O) groups excluding carboxylic acids is 1. The third kappa shape index (κ3) is 5.37. The van der Waals surface area contributed by atoms with Crippen LogP contribution in [0.1, 0.15) is 11.1 Å². The number of rotatable bonds is 6. The highest BCUT2D eigenvalue weighted by atomic mass is 35.5. The van der Waals surface area contributed by atoms with Crippen LogP contribution in [-0.4, -0.2) is 50.3 Å². The van der Waals surface area contributed by atoms with Crippen LogP contribution in [0.25, 0.3) is 0 Å². The first-order valence-electron chi connectivity index (χ1n) is 8.96. The van der Waals surface area contributed by atoms with Crippen molar-refractivity contribution in [2.45, 2.75) is 19.4 Å². The van der Waals surface area contributed by atoms with Crippen molar-refractivity contribution in [2.24, 2.45) is 0 Å². The molecule has 0 spiro atoms. The highest BCUT2D eigenvalue weighted by Crippen LogP contribution is 2.21. The third-order valence-corrected chi connectivity index (χ3v) is 5.00. The van der Waals surface area contributed by atoms with E-state index in [0.29, 0.717) is 37.7 Å². The van der Waals surface area contributed by atoms with E-state index in [1.54, 1.807) is 7.11 Å². The summed E-state index contributed by atoms with van der Waals surface area (Å²) < 4.78 is 16.7. The molecule has 1 saturated heterocycles. The molecule has 5 nitrogen and oxygen atoms in total. The van der Waals surface area contributed by atoms with E-state index in [4.69, 9.17) is 25.8 Å². The van der Waals surface area contributed by atoms with E-state index >= 15 is 0 Å². The number of benzene rings is 2. The van der Waals surface area contributed by atoms with Gasteiger partial charge in [-0.1, -0.05) is 23.7 Å². The molecule has 1 aliphatic heterocycles. The number of nitrogens with zero attached hydrogens (tertiary/aromatic N) is 1. The molecule has 1 aliphatic rings. The minimum absolute atomic E-state index is 0.0933. The molecular weight excluding hydrogens is 366 g/mol. The number of hydrogen-bond acceptors (Lipinski definition) is 4. The van der Waals surface area contributed by atoms with E-state index < -0.39 is 0 Å². The summed E-state index contributed by atoms with van der Waals surface area (Å²) in [6.07, 6.45) is 0.225. The molecule has 3 rings (SSSR count). The van der Waals surface area contributed by atoms with Crippen LogP contribution in [0.5, 0.6) is 11.5 Å². The number of hydrogen-bond donors (Lipinski definition) is 0. The summed E-state index contributed by atoms with van der Waals surface area (Å²) in [7, 11) is 1.63.